The number of nitrogens with one attached hydrogen (secondary N) is 1. The first-order valence-corrected chi connectivity index (χ1v) is 10.5. The number of rotatable bonds is 5. The van der Waals surface area contributed by atoms with Gasteiger partial charge in [-0.1, -0.05) is 12.1 Å². The van der Waals surface area contributed by atoms with Crippen molar-refractivity contribution in [1.29, 1.82) is 0 Å². The van der Waals surface area contributed by atoms with Gasteiger partial charge in [-0.25, -0.2) is 18.0 Å². The molecule has 6 nitrogen and oxygen atoms in total. The fraction of sp³-hybridized carbons (Fsp3) is 0.417. The summed E-state index contributed by atoms with van der Waals surface area (Å²) in [5, 5.41) is 2.68. The predicted octanol–water partition coefficient (Wildman–Crippen LogP) is 4.52. The highest BCUT2D eigenvalue weighted by Gasteiger charge is 2.38. The number of hydrogen-bond donors (Lipinski definition) is 1. The molecule has 0 bridgehead atoms. The highest BCUT2D eigenvalue weighted by Crippen LogP contribution is 2.33. The molecule has 0 aromatic heterocycles. The van der Waals surface area contributed by atoms with Gasteiger partial charge in [0.25, 0.3) is 0 Å². The van der Waals surface area contributed by atoms with Crippen LogP contribution in [0, 0.1) is 17.5 Å². The van der Waals surface area contributed by atoms with E-state index >= 15 is 0 Å². The van der Waals surface area contributed by atoms with E-state index in [1.165, 1.54) is 4.90 Å². The van der Waals surface area contributed by atoms with Crippen LogP contribution in [0.25, 0.3) is 0 Å². The van der Waals surface area contributed by atoms with E-state index < -0.39 is 41.1 Å². The lowest BCUT2D eigenvalue weighted by Gasteiger charge is -2.39. The van der Waals surface area contributed by atoms with Gasteiger partial charge in [0.1, 0.15) is 17.2 Å². The first kappa shape index (κ1) is 24.4. The molecule has 0 unspecified atom stereocenters. The number of alkyl carbamates (subject to hydrolysis) is 1. The Morgan fingerprint density at radius 3 is 2.33 bits per heavy atom. The Morgan fingerprint density at radius 1 is 1.09 bits per heavy atom. The van der Waals surface area contributed by atoms with Crippen molar-refractivity contribution in [2.24, 2.45) is 0 Å². The van der Waals surface area contributed by atoms with Crippen molar-refractivity contribution in [2.45, 2.75) is 51.3 Å². The van der Waals surface area contributed by atoms with Crippen LogP contribution < -0.4 is 10.1 Å². The lowest BCUT2D eigenvalue weighted by Crippen LogP contribution is -2.54. The number of methoxy groups -OCH3 is 1. The minimum Gasteiger partial charge on any atom is -0.497 e. The van der Waals surface area contributed by atoms with Gasteiger partial charge in [-0.2, -0.15) is 0 Å². The molecule has 9 heteroatoms. The molecule has 1 N–H and O–H groups in total. The molecule has 0 aliphatic carbocycles. The van der Waals surface area contributed by atoms with Gasteiger partial charge in [-0.3, -0.25) is 4.79 Å². The Kier molecular flexibility index (Phi) is 7.19. The Labute approximate surface area is 190 Å². The highest BCUT2D eigenvalue weighted by atomic mass is 19.2. The van der Waals surface area contributed by atoms with Crippen LogP contribution in [0.5, 0.6) is 5.75 Å². The fourth-order valence-corrected chi connectivity index (χ4v) is 3.78. The maximum Gasteiger partial charge on any atom is 0.407 e. The van der Waals surface area contributed by atoms with E-state index in [2.05, 4.69) is 5.32 Å². The summed E-state index contributed by atoms with van der Waals surface area (Å²) in [5.41, 5.74) is -0.120. The molecule has 0 saturated carbocycles. The van der Waals surface area contributed by atoms with Gasteiger partial charge < -0.3 is 19.7 Å². The van der Waals surface area contributed by atoms with E-state index in [0.717, 1.165) is 11.6 Å². The minimum atomic E-state index is -1.32. The molecule has 2 aromatic rings. The van der Waals surface area contributed by atoms with Gasteiger partial charge in [0.15, 0.2) is 11.6 Å². The quantitative estimate of drug-likeness (QED) is 0.661. The lowest BCUT2D eigenvalue weighted by atomic mass is 9.84. The largest absolute Gasteiger partial charge is 0.497 e. The lowest BCUT2D eigenvalue weighted by molar-refractivity contribution is -0.135. The van der Waals surface area contributed by atoms with Crippen molar-refractivity contribution in [3.8, 4) is 5.75 Å². The number of carbonyl (C=O) groups is 2. The third-order valence-corrected chi connectivity index (χ3v) is 5.32. The van der Waals surface area contributed by atoms with Crippen molar-refractivity contribution < 1.29 is 32.2 Å². The first-order valence-electron chi connectivity index (χ1n) is 10.5. The summed E-state index contributed by atoms with van der Waals surface area (Å²) in [5.74, 6) is -4.06. The van der Waals surface area contributed by atoms with Crippen LogP contribution in [0.3, 0.4) is 0 Å². The molecule has 1 fully saturated rings. The minimum absolute atomic E-state index is 0.0349. The molecule has 1 heterocycles. The van der Waals surface area contributed by atoms with E-state index in [9.17, 15) is 22.8 Å². The topological polar surface area (TPSA) is 67.9 Å². The molecular weight excluding hydrogens is 437 g/mol. The molecular formula is C24H27F3N2O4. The number of likely N-dealkylation sites (tertiary alicyclic amines) is 1. The normalized spacial score (nSPS) is 18.8. The summed E-state index contributed by atoms with van der Waals surface area (Å²) in [4.78, 5) is 26.9. The summed E-state index contributed by atoms with van der Waals surface area (Å²) in [6.07, 6.45) is -0.947. The van der Waals surface area contributed by atoms with Gasteiger partial charge in [0.05, 0.1) is 13.2 Å². The van der Waals surface area contributed by atoms with Crippen molar-refractivity contribution >= 4 is 12.0 Å². The molecule has 0 spiro atoms. The number of halogens is 3. The molecule has 2 aromatic carbocycles. The van der Waals surface area contributed by atoms with E-state index in [4.69, 9.17) is 9.47 Å². The van der Waals surface area contributed by atoms with Crippen LogP contribution in [-0.4, -0.2) is 42.2 Å². The second kappa shape index (κ2) is 9.72. The Bertz CT molecular complexity index is 1020. The average molecular weight is 464 g/mol. The fourth-order valence-electron chi connectivity index (χ4n) is 3.78. The number of piperidine rings is 1. The zero-order valence-electron chi connectivity index (χ0n) is 19.0. The summed E-state index contributed by atoms with van der Waals surface area (Å²) in [6.45, 7) is 5.37. The van der Waals surface area contributed by atoms with Crippen LogP contribution in [0.15, 0.2) is 36.4 Å². The molecule has 33 heavy (non-hydrogen) atoms. The number of benzene rings is 2. The zero-order chi connectivity index (χ0) is 24.3. The second-order valence-corrected chi connectivity index (χ2v) is 8.97. The number of carbonyl (C=O) groups excluding carboxylic acids is 2. The Balaban J connectivity index is 1.87. The van der Waals surface area contributed by atoms with E-state index in [-0.39, 0.29) is 31.0 Å². The van der Waals surface area contributed by atoms with Crippen LogP contribution in [0.1, 0.15) is 44.2 Å². The molecule has 1 saturated heterocycles. The summed E-state index contributed by atoms with van der Waals surface area (Å²) >= 11 is 0. The van der Waals surface area contributed by atoms with E-state index in [1.807, 2.05) is 12.1 Å². The Morgan fingerprint density at radius 2 is 1.73 bits per heavy atom. The monoisotopic (exact) mass is 464 g/mol. The van der Waals surface area contributed by atoms with Gasteiger partial charge in [-0.05, 0) is 50.1 Å². The third kappa shape index (κ3) is 6.18. The molecule has 0 radical (unpaired) electrons. The number of ether oxygens (including phenoxy) is 2. The molecule has 3 rings (SSSR count). The van der Waals surface area contributed by atoms with Crippen molar-refractivity contribution in [2.75, 3.05) is 13.7 Å². The molecule has 2 atom stereocenters. The number of hydrogen-bond acceptors (Lipinski definition) is 4. The zero-order valence-corrected chi connectivity index (χ0v) is 19.0. The smallest absolute Gasteiger partial charge is 0.407 e. The van der Waals surface area contributed by atoms with E-state index in [1.54, 1.807) is 40.0 Å². The summed E-state index contributed by atoms with van der Waals surface area (Å²) in [6, 6.07) is 7.55. The first-order chi connectivity index (χ1) is 15.5. The van der Waals surface area contributed by atoms with Crippen molar-refractivity contribution in [3.05, 3.63) is 65.0 Å². The standard InChI is InChI=1S/C24H27F3N2O4/c1-24(2,3)33-23(31)28-21-13-29(12-14-5-7-15(32-4)8-6-14)22(30)10-17(21)16-9-19(26)20(27)11-18(16)25/h5-9,11,17,21H,10,12-13H2,1-4H3,(H,28,31)/t17-,21+/m1/s1. The molecule has 1 aliphatic rings. The van der Waals surface area contributed by atoms with Crippen molar-refractivity contribution in [3.63, 3.8) is 0 Å². The molecule has 2 amide bonds. The SMILES string of the molecule is COc1ccc(CN2C[C@H](NC(=O)OC(C)(C)C)[C@@H](c3cc(F)c(F)cc3F)CC2=O)cc1. The number of amides is 2. The maximum absolute atomic E-state index is 14.6. The molecule has 178 valence electrons. The second-order valence-electron chi connectivity index (χ2n) is 8.97. The van der Waals surface area contributed by atoms with Crippen LogP contribution in [0.4, 0.5) is 18.0 Å². The predicted molar refractivity (Wildman–Crippen MR) is 115 cm³/mol. The summed E-state index contributed by atoms with van der Waals surface area (Å²) in [7, 11) is 1.55. The number of nitrogens with zero attached hydrogens (tertiary/aromatic N) is 1. The van der Waals surface area contributed by atoms with Gasteiger partial charge in [0, 0.05) is 31.5 Å². The maximum atomic E-state index is 14.6. The van der Waals surface area contributed by atoms with Gasteiger partial charge in [0.2, 0.25) is 5.91 Å². The van der Waals surface area contributed by atoms with Crippen LogP contribution in [0.2, 0.25) is 0 Å². The van der Waals surface area contributed by atoms with Gasteiger partial charge in [-0.15, -0.1) is 0 Å². The summed E-state index contributed by atoms with van der Waals surface area (Å²) < 4.78 is 52.4. The van der Waals surface area contributed by atoms with Crippen LogP contribution in [-0.2, 0) is 16.1 Å². The third-order valence-electron chi connectivity index (χ3n) is 5.32. The highest BCUT2D eigenvalue weighted by molar-refractivity contribution is 5.79. The van der Waals surface area contributed by atoms with Gasteiger partial charge >= 0.3 is 6.09 Å². The Hall–Kier alpha value is -3.23. The van der Waals surface area contributed by atoms with Crippen molar-refractivity contribution in [1.82, 2.24) is 10.2 Å². The average Bonchev–Trinajstić information content (AvgIpc) is 2.72. The van der Waals surface area contributed by atoms with Crippen LogP contribution >= 0.6 is 0 Å². The van der Waals surface area contributed by atoms with E-state index in [0.29, 0.717) is 11.8 Å². The molecule has 1 aliphatic heterocycles.